The molecule has 17 heavy (non-hydrogen) atoms. The summed E-state index contributed by atoms with van der Waals surface area (Å²) in [6, 6.07) is 0.937. The Morgan fingerprint density at radius 2 is 1.88 bits per heavy atom. The van der Waals surface area contributed by atoms with Crippen LogP contribution < -0.4 is 0 Å². The molecule has 0 bridgehead atoms. The number of carbonyl (C=O) groups excluding carboxylic acids is 1. The largest absolute Gasteiger partial charge is 0.300 e. The average Bonchev–Trinajstić information content (AvgIpc) is 2.24. The third-order valence-electron chi connectivity index (χ3n) is 5.17. The van der Waals surface area contributed by atoms with E-state index in [0.717, 1.165) is 18.8 Å². The van der Waals surface area contributed by atoms with Crippen molar-refractivity contribution in [1.29, 1.82) is 0 Å². The lowest BCUT2D eigenvalue weighted by atomic mass is 9.65. The van der Waals surface area contributed by atoms with E-state index in [1.54, 1.807) is 0 Å². The summed E-state index contributed by atoms with van der Waals surface area (Å²) in [6.45, 7) is 9.21. The highest BCUT2D eigenvalue weighted by molar-refractivity contribution is 5.83. The molecule has 2 heteroatoms. The van der Waals surface area contributed by atoms with Gasteiger partial charge in [-0.25, -0.2) is 0 Å². The summed E-state index contributed by atoms with van der Waals surface area (Å²) in [5.41, 5.74) is 0.384. The van der Waals surface area contributed by atoms with Gasteiger partial charge < -0.3 is 0 Å². The fourth-order valence-corrected chi connectivity index (χ4v) is 3.67. The van der Waals surface area contributed by atoms with Crippen LogP contribution in [0.2, 0.25) is 0 Å². The van der Waals surface area contributed by atoms with Crippen LogP contribution >= 0.6 is 0 Å². The predicted octanol–water partition coefficient (Wildman–Crippen LogP) is 3.11. The normalized spacial score (nSPS) is 40.2. The maximum atomic E-state index is 12.1. The van der Waals surface area contributed by atoms with Crippen LogP contribution in [0.15, 0.2) is 0 Å². The zero-order chi connectivity index (χ0) is 12.8. The maximum Gasteiger partial charge on any atom is 0.139 e. The molecule has 0 amide bonds. The van der Waals surface area contributed by atoms with E-state index in [0.29, 0.717) is 29.2 Å². The SMILES string of the molecule is CC1CC(=O)C2CCC(C(C)(C)C)CC2N1C. The van der Waals surface area contributed by atoms with Gasteiger partial charge in [-0.05, 0) is 44.6 Å². The minimum atomic E-state index is 0.329. The second-order valence-electron chi connectivity index (χ2n) is 7.23. The number of nitrogens with zero attached hydrogens (tertiary/aromatic N) is 1. The van der Waals surface area contributed by atoms with Crippen molar-refractivity contribution >= 4 is 5.78 Å². The molecule has 0 spiro atoms. The van der Waals surface area contributed by atoms with Crippen LogP contribution in [-0.4, -0.2) is 29.8 Å². The summed E-state index contributed by atoms with van der Waals surface area (Å²) in [4.78, 5) is 14.6. The minimum Gasteiger partial charge on any atom is -0.300 e. The van der Waals surface area contributed by atoms with E-state index in [-0.39, 0.29) is 0 Å². The van der Waals surface area contributed by atoms with Gasteiger partial charge in [-0.15, -0.1) is 0 Å². The van der Waals surface area contributed by atoms with Crippen LogP contribution in [0.4, 0.5) is 0 Å². The molecule has 2 rings (SSSR count). The van der Waals surface area contributed by atoms with Gasteiger partial charge in [0.05, 0.1) is 0 Å². The van der Waals surface area contributed by atoms with E-state index >= 15 is 0 Å². The minimum absolute atomic E-state index is 0.329. The van der Waals surface area contributed by atoms with Crippen LogP contribution in [0.25, 0.3) is 0 Å². The smallest absolute Gasteiger partial charge is 0.139 e. The van der Waals surface area contributed by atoms with Gasteiger partial charge in [0.25, 0.3) is 0 Å². The summed E-state index contributed by atoms with van der Waals surface area (Å²) in [7, 11) is 2.21. The van der Waals surface area contributed by atoms with E-state index < -0.39 is 0 Å². The summed E-state index contributed by atoms with van der Waals surface area (Å²) in [5, 5.41) is 0. The molecule has 0 N–H and O–H groups in total. The highest BCUT2D eigenvalue weighted by Crippen LogP contribution is 2.44. The molecule has 0 aromatic carbocycles. The topological polar surface area (TPSA) is 20.3 Å². The molecule has 1 aliphatic carbocycles. The van der Waals surface area contributed by atoms with Gasteiger partial charge >= 0.3 is 0 Å². The Hall–Kier alpha value is -0.370. The molecule has 0 aromatic rings. The van der Waals surface area contributed by atoms with Crippen molar-refractivity contribution in [3.63, 3.8) is 0 Å². The third-order valence-corrected chi connectivity index (χ3v) is 5.17. The molecule has 4 unspecified atom stereocenters. The second kappa shape index (κ2) is 4.38. The lowest BCUT2D eigenvalue weighted by Gasteiger charge is -2.49. The summed E-state index contributed by atoms with van der Waals surface area (Å²) in [5.74, 6) is 1.62. The number of ketones is 1. The van der Waals surface area contributed by atoms with Crippen LogP contribution in [0.1, 0.15) is 53.4 Å². The molecule has 1 heterocycles. The van der Waals surface area contributed by atoms with Crippen LogP contribution in [-0.2, 0) is 4.79 Å². The number of Topliss-reactive ketones (excluding diaryl/α,β-unsaturated/α-hetero) is 1. The number of likely N-dealkylation sites (tertiary alicyclic amines) is 1. The van der Waals surface area contributed by atoms with Crippen molar-refractivity contribution < 1.29 is 4.79 Å². The molecule has 1 saturated carbocycles. The Morgan fingerprint density at radius 3 is 2.47 bits per heavy atom. The van der Waals surface area contributed by atoms with Crippen LogP contribution in [0.5, 0.6) is 0 Å². The summed E-state index contributed by atoms with van der Waals surface area (Å²) in [6.07, 6.45) is 4.32. The Morgan fingerprint density at radius 1 is 1.24 bits per heavy atom. The maximum absolute atomic E-state index is 12.1. The van der Waals surface area contributed by atoms with Gasteiger partial charge in [-0.3, -0.25) is 9.69 Å². The number of rotatable bonds is 0. The standard InChI is InChI=1S/C15H27NO/c1-10-8-14(17)12-7-6-11(15(2,3)4)9-13(12)16(10)5/h10-13H,6-9H2,1-5H3. The zero-order valence-corrected chi connectivity index (χ0v) is 12.0. The lowest BCUT2D eigenvalue weighted by Crippen LogP contribution is -2.55. The van der Waals surface area contributed by atoms with Crippen molar-refractivity contribution in [1.82, 2.24) is 4.90 Å². The van der Waals surface area contributed by atoms with Gasteiger partial charge in [0.2, 0.25) is 0 Å². The summed E-state index contributed by atoms with van der Waals surface area (Å²) >= 11 is 0. The molecule has 0 radical (unpaired) electrons. The van der Waals surface area contributed by atoms with Crippen molar-refractivity contribution in [2.45, 2.75) is 65.5 Å². The van der Waals surface area contributed by atoms with Crippen molar-refractivity contribution in [2.24, 2.45) is 17.3 Å². The van der Waals surface area contributed by atoms with E-state index in [1.807, 2.05) is 0 Å². The average molecular weight is 237 g/mol. The first-order valence-electron chi connectivity index (χ1n) is 7.05. The van der Waals surface area contributed by atoms with E-state index in [2.05, 4.69) is 39.6 Å². The molecule has 1 aliphatic heterocycles. The first kappa shape index (κ1) is 13.1. The van der Waals surface area contributed by atoms with Gasteiger partial charge in [-0.1, -0.05) is 20.8 Å². The van der Waals surface area contributed by atoms with Crippen molar-refractivity contribution in [3.8, 4) is 0 Å². The van der Waals surface area contributed by atoms with Gasteiger partial charge in [0.1, 0.15) is 5.78 Å². The molecule has 2 aliphatic rings. The van der Waals surface area contributed by atoms with E-state index in [4.69, 9.17) is 0 Å². The predicted molar refractivity (Wildman–Crippen MR) is 70.9 cm³/mol. The van der Waals surface area contributed by atoms with Gasteiger partial charge in [0.15, 0.2) is 0 Å². The summed E-state index contributed by atoms with van der Waals surface area (Å²) < 4.78 is 0. The van der Waals surface area contributed by atoms with E-state index in [1.165, 1.54) is 12.8 Å². The fraction of sp³-hybridized carbons (Fsp3) is 0.933. The molecular weight excluding hydrogens is 210 g/mol. The van der Waals surface area contributed by atoms with E-state index in [9.17, 15) is 4.79 Å². The quantitative estimate of drug-likeness (QED) is 0.645. The highest BCUT2D eigenvalue weighted by atomic mass is 16.1. The number of fused-ring (bicyclic) bond motifs is 1. The molecule has 98 valence electrons. The lowest BCUT2D eigenvalue weighted by molar-refractivity contribution is -0.134. The highest BCUT2D eigenvalue weighted by Gasteiger charge is 2.44. The number of hydrogen-bond acceptors (Lipinski definition) is 2. The Kier molecular flexibility index (Phi) is 3.37. The molecule has 4 atom stereocenters. The molecule has 2 fully saturated rings. The molecular formula is C15H27NO. The van der Waals surface area contributed by atoms with Crippen LogP contribution in [0, 0.1) is 17.3 Å². The molecule has 0 aromatic heterocycles. The van der Waals surface area contributed by atoms with Crippen molar-refractivity contribution in [3.05, 3.63) is 0 Å². The zero-order valence-electron chi connectivity index (χ0n) is 12.0. The molecule has 1 saturated heterocycles. The molecule has 2 nitrogen and oxygen atoms in total. The monoisotopic (exact) mass is 237 g/mol. The fourth-order valence-electron chi connectivity index (χ4n) is 3.67. The first-order valence-corrected chi connectivity index (χ1v) is 7.05. The van der Waals surface area contributed by atoms with Crippen LogP contribution in [0.3, 0.4) is 0 Å². The third kappa shape index (κ3) is 2.42. The number of hydrogen-bond donors (Lipinski definition) is 0. The first-order chi connectivity index (χ1) is 7.80. The second-order valence-corrected chi connectivity index (χ2v) is 7.23. The van der Waals surface area contributed by atoms with Gasteiger partial charge in [-0.2, -0.15) is 0 Å². The number of carbonyl (C=O) groups is 1. The Balaban J connectivity index is 2.14. The Labute approximate surface area is 106 Å². The Bertz CT molecular complexity index is 305. The number of piperidine rings is 1. The van der Waals surface area contributed by atoms with Crippen molar-refractivity contribution in [2.75, 3.05) is 7.05 Å². The van der Waals surface area contributed by atoms with Gasteiger partial charge in [0, 0.05) is 24.4 Å².